The Morgan fingerprint density at radius 2 is 1.81 bits per heavy atom. The summed E-state index contributed by atoms with van der Waals surface area (Å²) in [5, 5.41) is 3.17. The van der Waals surface area contributed by atoms with E-state index >= 15 is 0 Å². The molecule has 1 fully saturated rings. The summed E-state index contributed by atoms with van der Waals surface area (Å²) in [7, 11) is -3.65. The fourth-order valence-corrected chi connectivity index (χ4v) is 4.50. The van der Waals surface area contributed by atoms with E-state index in [-0.39, 0.29) is 13.1 Å². The number of carbonyl (C=O) groups is 1. The summed E-state index contributed by atoms with van der Waals surface area (Å²) in [6, 6.07) is 14.5. The summed E-state index contributed by atoms with van der Waals surface area (Å²) in [4.78, 5) is 12.2. The first kappa shape index (κ1) is 18.8. The zero-order chi connectivity index (χ0) is 18.7. The number of halogens is 1. The first-order valence-electron chi connectivity index (χ1n) is 8.21. The molecule has 0 atom stereocenters. The lowest BCUT2D eigenvalue weighted by atomic mass is 10.1. The van der Waals surface area contributed by atoms with Crippen LogP contribution in [-0.4, -0.2) is 42.6 Å². The third-order valence-corrected chi connectivity index (χ3v) is 6.32. The lowest BCUT2D eigenvalue weighted by Gasteiger charge is -2.18. The van der Waals surface area contributed by atoms with Crippen LogP contribution in [0.15, 0.2) is 48.5 Å². The van der Waals surface area contributed by atoms with E-state index in [1.807, 2.05) is 31.2 Å². The maximum Gasteiger partial charge on any atom is 0.282 e. The Kier molecular flexibility index (Phi) is 5.62. The molecule has 138 valence electrons. The lowest BCUT2D eigenvalue weighted by molar-refractivity contribution is -0.116. The monoisotopic (exact) mass is 393 g/mol. The molecule has 0 saturated carbocycles. The summed E-state index contributed by atoms with van der Waals surface area (Å²) in [5.41, 5.74) is 2.58. The molecule has 1 N–H and O–H groups in total. The van der Waals surface area contributed by atoms with Crippen molar-refractivity contribution in [1.29, 1.82) is 0 Å². The molecule has 1 aliphatic heterocycles. The topological polar surface area (TPSA) is 69.7 Å². The molecule has 2 aromatic rings. The zero-order valence-corrected chi connectivity index (χ0v) is 15.9. The first-order valence-corrected chi connectivity index (χ1v) is 9.98. The van der Waals surface area contributed by atoms with Crippen LogP contribution in [0.4, 0.5) is 5.69 Å². The molecule has 0 radical (unpaired) electrons. The fourth-order valence-electron chi connectivity index (χ4n) is 2.76. The molecule has 1 amide bonds. The molecule has 1 heterocycles. The molecule has 3 rings (SSSR count). The first-order chi connectivity index (χ1) is 12.3. The summed E-state index contributed by atoms with van der Waals surface area (Å²) >= 11 is 5.89. The van der Waals surface area contributed by atoms with Gasteiger partial charge in [0.15, 0.2) is 0 Å². The number of aryl methyl sites for hydroxylation is 1. The van der Waals surface area contributed by atoms with Crippen LogP contribution in [0.1, 0.15) is 11.1 Å². The normalized spacial score (nSPS) is 17.3. The molecule has 0 bridgehead atoms. The number of rotatable bonds is 5. The number of hydrogen-bond donors (Lipinski definition) is 1. The van der Waals surface area contributed by atoms with Crippen LogP contribution < -0.4 is 5.32 Å². The van der Waals surface area contributed by atoms with Crippen molar-refractivity contribution in [3.8, 4) is 0 Å². The van der Waals surface area contributed by atoms with Gasteiger partial charge in [0, 0.05) is 30.3 Å². The fraction of sp³-hybridized carbons (Fsp3) is 0.278. The van der Waals surface area contributed by atoms with Crippen LogP contribution in [-0.2, 0) is 21.5 Å². The lowest BCUT2D eigenvalue weighted by Crippen LogP contribution is -2.37. The zero-order valence-electron chi connectivity index (χ0n) is 14.4. The van der Waals surface area contributed by atoms with Gasteiger partial charge in [-0.15, -0.1) is 0 Å². The number of nitrogens with one attached hydrogen (secondary N) is 1. The van der Waals surface area contributed by atoms with Gasteiger partial charge in [-0.25, -0.2) is 0 Å². The van der Waals surface area contributed by atoms with Crippen molar-refractivity contribution < 1.29 is 13.2 Å². The standard InChI is InChI=1S/C18H20ClN3O3S/c1-14-5-7-15(8-6-14)12-21-9-10-22(26(21,24)25)13-18(23)20-17-4-2-3-16(19)11-17/h2-8,11H,9-10,12-13H2,1H3,(H,20,23). The molecule has 0 aromatic heterocycles. The highest BCUT2D eigenvalue weighted by Crippen LogP contribution is 2.20. The Balaban J connectivity index is 1.62. The van der Waals surface area contributed by atoms with Gasteiger partial charge in [0.1, 0.15) is 0 Å². The number of carbonyl (C=O) groups excluding carboxylic acids is 1. The minimum Gasteiger partial charge on any atom is -0.325 e. The van der Waals surface area contributed by atoms with Gasteiger partial charge in [-0.1, -0.05) is 47.5 Å². The molecule has 2 aromatic carbocycles. The highest BCUT2D eigenvalue weighted by molar-refractivity contribution is 7.87. The molecular formula is C18H20ClN3O3S. The number of amides is 1. The van der Waals surface area contributed by atoms with E-state index in [9.17, 15) is 13.2 Å². The number of nitrogens with zero attached hydrogens (tertiary/aromatic N) is 2. The van der Waals surface area contributed by atoms with Gasteiger partial charge in [-0.3, -0.25) is 4.79 Å². The van der Waals surface area contributed by atoms with E-state index in [1.165, 1.54) is 8.61 Å². The molecule has 0 aliphatic carbocycles. The van der Waals surface area contributed by atoms with Crippen molar-refractivity contribution in [2.45, 2.75) is 13.5 Å². The minimum absolute atomic E-state index is 0.223. The van der Waals surface area contributed by atoms with Crippen molar-refractivity contribution in [2.24, 2.45) is 0 Å². The summed E-state index contributed by atoms with van der Waals surface area (Å²) in [6.07, 6.45) is 0. The maximum absolute atomic E-state index is 12.7. The minimum atomic E-state index is -3.65. The largest absolute Gasteiger partial charge is 0.325 e. The van der Waals surface area contributed by atoms with E-state index in [2.05, 4.69) is 5.32 Å². The second-order valence-corrected chi connectivity index (χ2v) is 8.58. The molecule has 26 heavy (non-hydrogen) atoms. The number of anilines is 1. The highest BCUT2D eigenvalue weighted by Gasteiger charge is 2.37. The van der Waals surface area contributed by atoms with E-state index in [4.69, 9.17) is 11.6 Å². The Hall–Kier alpha value is -1.93. The van der Waals surface area contributed by atoms with Crippen molar-refractivity contribution in [3.05, 3.63) is 64.7 Å². The molecule has 6 nitrogen and oxygen atoms in total. The third kappa shape index (κ3) is 4.42. The molecule has 8 heteroatoms. The van der Waals surface area contributed by atoms with Crippen molar-refractivity contribution >= 4 is 33.4 Å². The van der Waals surface area contributed by atoms with Gasteiger partial charge < -0.3 is 5.32 Å². The Morgan fingerprint density at radius 1 is 1.12 bits per heavy atom. The van der Waals surface area contributed by atoms with Gasteiger partial charge in [-0.05, 0) is 30.7 Å². The van der Waals surface area contributed by atoms with Crippen molar-refractivity contribution in [3.63, 3.8) is 0 Å². The van der Waals surface area contributed by atoms with Crippen LogP contribution in [0, 0.1) is 6.92 Å². The van der Waals surface area contributed by atoms with E-state index in [0.717, 1.165) is 11.1 Å². The molecular weight excluding hydrogens is 374 g/mol. The van der Waals surface area contributed by atoms with Crippen molar-refractivity contribution in [2.75, 3.05) is 25.0 Å². The van der Waals surface area contributed by atoms with Crippen LogP contribution in [0.5, 0.6) is 0 Å². The Bertz CT molecular complexity index is 900. The second kappa shape index (κ2) is 7.75. The molecule has 0 unspecified atom stereocenters. The number of benzene rings is 2. The molecule has 1 aliphatic rings. The smallest absolute Gasteiger partial charge is 0.282 e. The van der Waals surface area contributed by atoms with Crippen LogP contribution in [0.3, 0.4) is 0 Å². The predicted molar refractivity (Wildman–Crippen MR) is 102 cm³/mol. The van der Waals surface area contributed by atoms with Crippen LogP contribution in [0.2, 0.25) is 5.02 Å². The highest BCUT2D eigenvalue weighted by atomic mass is 35.5. The predicted octanol–water partition coefficient (Wildman–Crippen LogP) is 2.65. The van der Waals surface area contributed by atoms with Gasteiger partial charge in [0.05, 0.1) is 6.54 Å². The van der Waals surface area contributed by atoms with Gasteiger partial charge in [0.2, 0.25) is 5.91 Å². The van der Waals surface area contributed by atoms with Gasteiger partial charge in [0.25, 0.3) is 10.2 Å². The second-order valence-electron chi connectivity index (χ2n) is 6.22. The third-order valence-electron chi connectivity index (χ3n) is 4.16. The maximum atomic E-state index is 12.7. The molecule has 0 spiro atoms. The Labute approximate surface area is 158 Å². The van der Waals surface area contributed by atoms with E-state index in [0.29, 0.717) is 23.8 Å². The average molecular weight is 394 g/mol. The SMILES string of the molecule is Cc1ccc(CN2CCN(CC(=O)Nc3cccc(Cl)c3)S2(=O)=O)cc1. The quantitative estimate of drug-likeness (QED) is 0.848. The van der Waals surface area contributed by atoms with E-state index < -0.39 is 16.1 Å². The van der Waals surface area contributed by atoms with Crippen LogP contribution in [0.25, 0.3) is 0 Å². The Morgan fingerprint density at radius 3 is 2.50 bits per heavy atom. The van der Waals surface area contributed by atoms with E-state index in [1.54, 1.807) is 24.3 Å². The summed E-state index contributed by atoms with van der Waals surface area (Å²) < 4.78 is 27.9. The average Bonchev–Trinajstić information content (AvgIpc) is 2.84. The molecule has 1 saturated heterocycles. The van der Waals surface area contributed by atoms with Gasteiger partial charge in [-0.2, -0.15) is 17.0 Å². The summed E-state index contributed by atoms with van der Waals surface area (Å²) in [5.74, 6) is -0.395. The number of hydrogen-bond acceptors (Lipinski definition) is 3. The van der Waals surface area contributed by atoms with Crippen LogP contribution >= 0.6 is 11.6 Å². The summed E-state index contributed by atoms with van der Waals surface area (Å²) in [6.45, 7) is 2.71. The van der Waals surface area contributed by atoms with Crippen molar-refractivity contribution in [1.82, 2.24) is 8.61 Å². The van der Waals surface area contributed by atoms with Gasteiger partial charge >= 0.3 is 0 Å².